The third-order valence-corrected chi connectivity index (χ3v) is 4.67. The van der Waals surface area contributed by atoms with Crippen LogP contribution in [0.3, 0.4) is 0 Å². The van der Waals surface area contributed by atoms with E-state index in [-0.39, 0.29) is 12.5 Å². The second-order valence-corrected chi connectivity index (χ2v) is 6.36. The molecule has 122 valence electrons. The molecule has 1 aromatic heterocycles. The van der Waals surface area contributed by atoms with E-state index >= 15 is 0 Å². The van der Waals surface area contributed by atoms with Gasteiger partial charge < -0.3 is 10.0 Å². The summed E-state index contributed by atoms with van der Waals surface area (Å²) in [5, 5.41) is 14.2. The van der Waals surface area contributed by atoms with Gasteiger partial charge in [0.1, 0.15) is 0 Å². The van der Waals surface area contributed by atoms with E-state index in [4.69, 9.17) is 11.6 Å². The summed E-state index contributed by atoms with van der Waals surface area (Å²) in [7, 11) is 0. The van der Waals surface area contributed by atoms with Crippen LogP contribution in [-0.2, 0) is 0 Å². The lowest BCUT2D eigenvalue weighted by atomic mass is 9.98. The molecule has 1 aliphatic rings. The molecule has 1 N–H and O–H groups in total. The second-order valence-electron chi connectivity index (χ2n) is 5.95. The quantitative estimate of drug-likeness (QED) is 0.939. The van der Waals surface area contributed by atoms with Crippen molar-refractivity contribution in [3.05, 3.63) is 46.7 Å². The van der Waals surface area contributed by atoms with Crippen LogP contribution in [0.25, 0.3) is 5.69 Å². The van der Waals surface area contributed by atoms with Crippen molar-refractivity contribution in [3.8, 4) is 5.69 Å². The van der Waals surface area contributed by atoms with Gasteiger partial charge in [-0.15, -0.1) is 0 Å². The number of aryl methyl sites for hydroxylation is 1. The first-order valence-electron chi connectivity index (χ1n) is 7.82. The van der Waals surface area contributed by atoms with Crippen molar-refractivity contribution in [2.45, 2.75) is 19.8 Å². The van der Waals surface area contributed by atoms with Crippen LogP contribution < -0.4 is 0 Å². The van der Waals surface area contributed by atoms with Gasteiger partial charge in [-0.05, 0) is 43.9 Å². The zero-order chi connectivity index (χ0) is 16.4. The Balaban J connectivity index is 1.81. The van der Waals surface area contributed by atoms with Crippen LogP contribution in [0.5, 0.6) is 0 Å². The zero-order valence-electron chi connectivity index (χ0n) is 13.1. The summed E-state index contributed by atoms with van der Waals surface area (Å²) in [6, 6.07) is 9.23. The van der Waals surface area contributed by atoms with Gasteiger partial charge in [0.15, 0.2) is 5.69 Å². The van der Waals surface area contributed by atoms with Gasteiger partial charge in [0.05, 0.1) is 10.7 Å². The standard InChI is InChI=1S/C17H20ClN3O2/c1-12-10-15(17(23)20-8-6-13(11-22)7-9-20)19-21(12)16-5-3-2-4-14(16)18/h2-5,10,13,22H,6-9,11H2,1H3. The Hall–Kier alpha value is -1.85. The molecule has 1 aromatic carbocycles. The Kier molecular flexibility index (Phi) is 4.68. The molecule has 5 nitrogen and oxygen atoms in total. The average molecular weight is 334 g/mol. The number of carbonyl (C=O) groups is 1. The van der Waals surface area contributed by atoms with Crippen molar-refractivity contribution in [1.29, 1.82) is 0 Å². The molecule has 3 rings (SSSR count). The summed E-state index contributed by atoms with van der Waals surface area (Å²) in [6.07, 6.45) is 1.68. The fourth-order valence-corrected chi connectivity index (χ4v) is 3.14. The molecule has 2 aromatic rings. The van der Waals surface area contributed by atoms with Gasteiger partial charge in [0, 0.05) is 25.4 Å². The molecule has 0 bridgehead atoms. The number of nitrogens with zero attached hydrogens (tertiary/aromatic N) is 3. The molecule has 1 fully saturated rings. The first-order valence-corrected chi connectivity index (χ1v) is 8.19. The molecule has 0 unspecified atom stereocenters. The number of carbonyl (C=O) groups excluding carboxylic acids is 1. The Labute approximate surface area is 140 Å². The number of hydrogen-bond donors (Lipinski definition) is 1. The lowest BCUT2D eigenvalue weighted by Gasteiger charge is -2.30. The van der Waals surface area contributed by atoms with Gasteiger partial charge in [0.2, 0.25) is 0 Å². The minimum Gasteiger partial charge on any atom is -0.396 e. The van der Waals surface area contributed by atoms with Crippen LogP contribution >= 0.6 is 11.6 Å². The van der Waals surface area contributed by atoms with Gasteiger partial charge in [-0.25, -0.2) is 4.68 Å². The number of rotatable bonds is 3. The largest absolute Gasteiger partial charge is 0.396 e. The third kappa shape index (κ3) is 3.26. The van der Waals surface area contributed by atoms with E-state index in [0.29, 0.717) is 29.7 Å². The van der Waals surface area contributed by atoms with Crippen molar-refractivity contribution in [2.24, 2.45) is 5.92 Å². The summed E-state index contributed by atoms with van der Waals surface area (Å²) in [5.41, 5.74) is 2.07. The summed E-state index contributed by atoms with van der Waals surface area (Å²) in [5.74, 6) is 0.247. The van der Waals surface area contributed by atoms with E-state index in [1.165, 1.54) is 0 Å². The van der Waals surface area contributed by atoms with Crippen molar-refractivity contribution < 1.29 is 9.90 Å². The van der Waals surface area contributed by atoms with E-state index in [2.05, 4.69) is 5.10 Å². The van der Waals surface area contributed by atoms with Gasteiger partial charge in [0.25, 0.3) is 5.91 Å². The van der Waals surface area contributed by atoms with Crippen molar-refractivity contribution in [3.63, 3.8) is 0 Å². The number of amides is 1. The normalized spacial score (nSPS) is 15.9. The third-order valence-electron chi connectivity index (χ3n) is 4.35. The van der Waals surface area contributed by atoms with Crippen LogP contribution in [0.15, 0.2) is 30.3 Å². The van der Waals surface area contributed by atoms with Gasteiger partial charge >= 0.3 is 0 Å². The highest BCUT2D eigenvalue weighted by molar-refractivity contribution is 6.32. The molecular weight excluding hydrogens is 314 g/mol. The zero-order valence-corrected chi connectivity index (χ0v) is 13.8. The number of likely N-dealkylation sites (tertiary alicyclic amines) is 1. The number of piperidine rings is 1. The molecule has 0 spiro atoms. The van der Waals surface area contributed by atoms with Crippen LogP contribution in [0.1, 0.15) is 29.0 Å². The highest BCUT2D eigenvalue weighted by atomic mass is 35.5. The molecule has 0 atom stereocenters. The monoisotopic (exact) mass is 333 g/mol. The van der Waals surface area contributed by atoms with E-state index in [9.17, 15) is 9.90 Å². The van der Waals surface area contributed by atoms with E-state index in [0.717, 1.165) is 24.2 Å². The van der Waals surface area contributed by atoms with Crippen molar-refractivity contribution in [2.75, 3.05) is 19.7 Å². The highest BCUT2D eigenvalue weighted by Gasteiger charge is 2.25. The van der Waals surface area contributed by atoms with Crippen LogP contribution in [-0.4, -0.2) is 45.4 Å². The van der Waals surface area contributed by atoms with Crippen LogP contribution in [0.2, 0.25) is 5.02 Å². The Morgan fingerprint density at radius 3 is 2.70 bits per heavy atom. The number of hydrogen-bond acceptors (Lipinski definition) is 3. The first-order chi connectivity index (χ1) is 11.1. The fraction of sp³-hybridized carbons (Fsp3) is 0.412. The minimum atomic E-state index is -0.0599. The number of benzene rings is 1. The molecule has 2 heterocycles. The van der Waals surface area contributed by atoms with Crippen LogP contribution in [0.4, 0.5) is 0 Å². The van der Waals surface area contributed by atoms with Crippen LogP contribution in [0, 0.1) is 12.8 Å². The first kappa shape index (κ1) is 16.0. The summed E-state index contributed by atoms with van der Waals surface area (Å²) in [6.45, 7) is 3.44. The smallest absolute Gasteiger partial charge is 0.274 e. The lowest BCUT2D eigenvalue weighted by Crippen LogP contribution is -2.39. The minimum absolute atomic E-state index is 0.0599. The lowest BCUT2D eigenvalue weighted by molar-refractivity contribution is 0.0644. The predicted octanol–water partition coefficient (Wildman–Crippen LogP) is 2.68. The Bertz CT molecular complexity index is 706. The molecule has 1 saturated heterocycles. The van der Waals surface area contributed by atoms with Gasteiger partial charge in [-0.3, -0.25) is 4.79 Å². The van der Waals surface area contributed by atoms with Crippen molar-refractivity contribution in [1.82, 2.24) is 14.7 Å². The summed E-state index contributed by atoms with van der Waals surface area (Å²) >= 11 is 6.22. The predicted molar refractivity (Wildman–Crippen MR) is 89.0 cm³/mol. The Morgan fingerprint density at radius 2 is 2.04 bits per heavy atom. The molecule has 0 radical (unpaired) electrons. The van der Waals surface area contributed by atoms with E-state index in [1.54, 1.807) is 16.8 Å². The molecule has 23 heavy (non-hydrogen) atoms. The molecular formula is C17H20ClN3O2. The molecule has 6 heteroatoms. The maximum absolute atomic E-state index is 12.6. The molecule has 1 aliphatic heterocycles. The number of aliphatic hydroxyl groups excluding tert-OH is 1. The number of aromatic nitrogens is 2. The van der Waals surface area contributed by atoms with E-state index in [1.807, 2.05) is 30.0 Å². The maximum Gasteiger partial charge on any atom is 0.274 e. The summed E-state index contributed by atoms with van der Waals surface area (Å²) < 4.78 is 1.70. The number of aliphatic hydroxyl groups is 1. The highest BCUT2D eigenvalue weighted by Crippen LogP contribution is 2.23. The Morgan fingerprint density at radius 1 is 1.35 bits per heavy atom. The molecule has 0 aliphatic carbocycles. The van der Waals surface area contributed by atoms with Gasteiger partial charge in [-0.2, -0.15) is 5.10 Å². The second kappa shape index (κ2) is 6.72. The maximum atomic E-state index is 12.6. The molecule has 1 amide bonds. The van der Waals surface area contributed by atoms with E-state index < -0.39 is 0 Å². The average Bonchev–Trinajstić information content (AvgIpc) is 2.96. The summed E-state index contributed by atoms with van der Waals surface area (Å²) in [4.78, 5) is 14.4. The van der Waals surface area contributed by atoms with Crippen molar-refractivity contribution >= 4 is 17.5 Å². The molecule has 0 saturated carbocycles. The SMILES string of the molecule is Cc1cc(C(=O)N2CCC(CO)CC2)nn1-c1ccccc1Cl. The number of para-hydroxylation sites is 1. The number of halogens is 1. The fourth-order valence-electron chi connectivity index (χ4n) is 2.93. The topological polar surface area (TPSA) is 58.4 Å². The van der Waals surface area contributed by atoms with Gasteiger partial charge in [-0.1, -0.05) is 23.7 Å².